The summed E-state index contributed by atoms with van der Waals surface area (Å²) in [7, 11) is 0. The van der Waals surface area contributed by atoms with Crippen LogP contribution >= 0.6 is 0 Å². The first-order chi connectivity index (χ1) is 10.5. The molecule has 0 aromatic heterocycles. The molecule has 0 unspecified atom stereocenters. The molecule has 4 aromatic carbocycles. The fourth-order valence-electron chi connectivity index (χ4n) is 3.28. The van der Waals surface area contributed by atoms with Crippen molar-refractivity contribution in [1.82, 2.24) is 0 Å². The van der Waals surface area contributed by atoms with Gasteiger partial charge in [0.15, 0.2) is 0 Å². The fraction of sp³-hybridized carbons (Fsp3) is 0.182. The molecule has 4 aromatic rings. The van der Waals surface area contributed by atoms with Crippen molar-refractivity contribution in [2.24, 2.45) is 0 Å². The molecule has 22 heavy (non-hydrogen) atoms. The van der Waals surface area contributed by atoms with Crippen molar-refractivity contribution in [3.05, 3.63) is 72.3 Å². The van der Waals surface area contributed by atoms with E-state index in [1.54, 1.807) is 0 Å². The van der Waals surface area contributed by atoms with Crippen molar-refractivity contribution in [3.8, 4) is 0 Å². The lowest BCUT2D eigenvalue weighted by atomic mass is 9.85. The molecular formula is C22H20. The molecule has 0 aliphatic rings. The number of hydrogen-bond donors (Lipinski definition) is 0. The van der Waals surface area contributed by atoms with Crippen molar-refractivity contribution >= 4 is 32.3 Å². The summed E-state index contributed by atoms with van der Waals surface area (Å²) in [6, 6.07) is 24.5. The Morgan fingerprint density at radius 2 is 1.14 bits per heavy atom. The fourth-order valence-corrected chi connectivity index (χ4v) is 3.28. The van der Waals surface area contributed by atoms with Crippen LogP contribution in [-0.2, 0) is 5.41 Å². The Morgan fingerprint density at radius 1 is 0.545 bits per heavy atom. The van der Waals surface area contributed by atoms with Crippen LogP contribution in [-0.4, -0.2) is 0 Å². The second-order valence-corrected chi connectivity index (χ2v) is 7.13. The van der Waals surface area contributed by atoms with Gasteiger partial charge in [-0.2, -0.15) is 0 Å². The maximum atomic E-state index is 2.37. The molecule has 108 valence electrons. The summed E-state index contributed by atoms with van der Waals surface area (Å²) in [5.74, 6) is 0. The van der Waals surface area contributed by atoms with E-state index in [0.29, 0.717) is 0 Å². The third-order valence-corrected chi connectivity index (χ3v) is 4.61. The van der Waals surface area contributed by atoms with Crippen LogP contribution in [0.4, 0.5) is 0 Å². The van der Waals surface area contributed by atoms with E-state index in [-0.39, 0.29) is 5.41 Å². The molecule has 0 saturated carbocycles. The number of fused-ring (bicyclic) bond motifs is 5. The van der Waals surface area contributed by atoms with Crippen molar-refractivity contribution in [1.29, 1.82) is 0 Å². The van der Waals surface area contributed by atoms with Gasteiger partial charge < -0.3 is 0 Å². The minimum atomic E-state index is 0.174. The molecular weight excluding hydrogens is 264 g/mol. The standard InChI is InChI=1S/C22H20/c1-22(2,3)17-11-8-16-10-12-19-18-7-5-4-6-15(18)9-13-20(19)21(16)14-17/h4-14H,1-3H3. The zero-order chi connectivity index (χ0) is 15.3. The Labute approximate surface area is 131 Å². The maximum absolute atomic E-state index is 2.37. The molecule has 0 saturated heterocycles. The number of hydrogen-bond acceptors (Lipinski definition) is 0. The van der Waals surface area contributed by atoms with E-state index in [0.717, 1.165) is 0 Å². The molecule has 0 spiro atoms. The molecule has 0 bridgehead atoms. The third-order valence-electron chi connectivity index (χ3n) is 4.61. The smallest absolute Gasteiger partial charge is 0.00989 e. The summed E-state index contributed by atoms with van der Waals surface area (Å²) in [5.41, 5.74) is 1.56. The van der Waals surface area contributed by atoms with Crippen LogP contribution in [0.25, 0.3) is 32.3 Å². The van der Waals surface area contributed by atoms with Crippen LogP contribution in [0, 0.1) is 0 Å². The van der Waals surface area contributed by atoms with Crippen LogP contribution in [0.5, 0.6) is 0 Å². The highest BCUT2D eigenvalue weighted by atomic mass is 14.2. The highest BCUT2D eigenvalue weighted by molar-refractivity contribution is 6.17. The molecule has 0 amide bonds. The van der Waals surface area contributed by atoms with E-state index in [4.69, 9.17) is 0 Å². The quantitative estimate of drug-likeness (QED) is 0.326. The van der Waals surface area contributed by atoms with Gasteiger partial charge in [-0.15, -0.1) is 0 Å². The molecule has 0 aliphatic carbocycles. The lowest BCUT2D eigenvalue weighted by molar-refractivity contribution is 0.591. The predicted octanol–water partition coefficient (Wildman–Crippen LogP) is 6.44. The number of rotatable bonds is 0. The highest BCUT2D eigenvalue weighted by Crippen LogP contribution is 2.33. The van der Waals surface area contributed by atoms with Crippen LogP contribution < -0.4 is 0 Å². The van der Waals surface area contributed by atoms with Gasteiger partial charge in [-0.1, -0.05) is 87.5 Å². The van der Waals surface area contributed by atoms with Gasteiger partial charge >= 0.3 is 0 Å². The summed E-state index contributed by atoms with van der Waals surface area (Å²) >= 11 is 0. The molecule has 0 heteroatoms. The molecule has 0 aliphatic heterocycles. The molecule has 0 radical (unpaired) electrons. The third kappa shape index (κ3) is 1.99. The molecule has 0 heterocycles. The van der Waals surface area contributed by atoms with Gasteiger partial charge in [-0.05, 0) is 43.3 Å². The van der Waals surface area contributed by atoms with Gasteiger partial charge in [-0.3, -0.25) is 0 Å². The van der Waals surface area contributed by atoms with Crippen molar-refractivity contribution in [3.63, 3.8) is 0 Å². The average Bonchev–Trinajstić information content (AvgIpc) is 2.53. The first-order valence-electron chi connectivity index (χ1n) is 7.89. The Bertz CT molecular complexity index is 1000. The maximum Gasteiger partial charge on any atom is -0.00989 e. The van der Waals surface area contributed by atoms with Gasteiger partial charge in [0, 0.05) is 0 Å². The zero-order valence-electron chi connectivity index (χ0n) is 13.4. The largest absolute Gasteiger partial charge is 0.0616 e. The van der Waals surface area contributed by atoms with Crippen molar-refractivity contribution in [2.75, 3.05) is 0 Å². The van der Waals surface area contributed by atoms with Crippen LogP contribution in [0.1, 0.15) is 26.3 Å². The van der Waals surface area contributed by atoms with Crippen LogP contribution in [0.3, 0.4) is 0 Å². The Morgan fingerprint density at radius 3 is 1.86 bits per heavy atom. The van der Waals surface area contributed by atoms with E-state index < -0.39 is 0 Å². The monoisotopic (exact) mass is 284 g/mol. The topological polar surface area (TPSA) is 0 Å². The lowest BCUT2D eigenvalue weighted by Gasteiger charge is -2.20. The summed E-state index contributed by atoms with van der Waals surface area (Å²) in [4.78, 5) is 0. The van der Waals surface area contributed by atoms with E-state index in [1.165, 1.54) is 37.9 Å². The van der Waals surface area contributed by atoms with Gasteiger partial charge in [-0.25, -0.2) is 0 Å². The summed E-state index contributed by atoms with van der Waals surface area (Å²) < 4.78 is 0. The molecule has 0 nitrogen and oxygen atoms in total. The van der Waals surface area contributed by atoms with Gasteiger partial charge in [0.25, 0.3) is 0 Å². The van der Waals surface area contributed by atoms with Gasteiger partial charge in [0.05, 0.1) is 0 Å². The minimum Gasteiger partial charge on any atom is -0.0616 e. The minimum absolute atomic E-state index is 0.174. The molecule has 4 rings (SSSR count). The Hall–Kier alpha value is -2.34. The first kappa shape index (κ1) is 13.3. The van der Waals surface area contributed by atoms with E-state index >= 15 is 0 Å². The van der Waals surface area contributed by atoms with Crippen LogP contribution in [0.2, 0.25) is 0 Å². The normalized spacial score (nSPS) is 12.3. The van der Waals surface area contributed by atoms with Crippen LogP contribution in [0.15, 0.2) is 66.7 Å². The Balaban J connectivity index is 2.15. The van der Waals surface area contributed by atoms with Crippen molar-refractivity contribution < 1.29 is 0 Å². The summed E-state index contributed by atoms with van der Waals surface area (Å²) in [6.45, 7) is 6.82. The van der Waals surface area contributed by atoms with E-state index in [1.807, 2.05) is 0 Å². The SMILES string of the molecule is CC(C)(C)c1ccc2ccc3c4ccccc4ccc3c2c1. The van der Waals surface area contributed by atoms with E-state index in [2.05, 4.69) is 87.5 Å². The van der Waals surface area contributed by atoms with E-state index in [9.17, 15) is 0 Å². The van der Waals surface area contributed by atoms with Gasteiger partial charge in [0.2, 0.25) is 0 Å². The second kappa shape index (κ2) is 4.58. The predicted molar refractivity (Wildman–Crippen MR) is 97.7 cm³/mol. The molecule has 0 fully saturated rings. The molecule has 0 atom stereocenters. The van der Waals surface area contributed by atoms with Gasteiger partial charge in [0.1, 0.15) is 0 Å². The van der Waals surface area contributed by atoms with Crippen molar-refractivity contribution in [2.45, 2.75) is 26.2 Å². The summed E-state index contributed by atoms with van der Waals surface area (Å²) in [5, 5.41) is 8.01. The average molecular weight is 284 g/mol. The Kier molecular flexibility index (Phi) is 2.77. The lowest BCUT2D eigenvalue weighted by Crippen LogP contribution is -2.10. The second-order valence-electron chi connectivity index (χ2n) is 7.13. The molecule has 0 N–H and O–H groups in total. The first-order valence-corrected chi connectivity index (χ1v) is 7.89. The summed E-state index contributed by atoms with van der Waals surface area (Å²) in [6.07, 6.45) is 0. The number of benzene rings is 4. The highest BCUT2D eigenvalue weighted by Gasteiger charge is 2.14. The zero-order valence-corrected chi connectivity index (χ0v) is 13.4.